The third-order valence-corrected chi connectivity index (χ3v) is 9.66. The summed E-state index contributed by atoms with van der Waals surface area (Å²) >= 11 is 8.94. The summed E-state index contributed by atoms with van der Waals surface area (Å²) in [5.74, 6) is -0.326. The number of rotatable bonds is 12. The summed E-state index contributed by atoms with van der Waals surface area (Å²) in [7, 11) is 1.54. The zero-order valence-corrected chi connectivity index (χ0v) is 27.0. The van der Waals surface area contributed by atoms with E-state index in [1.54, 1.807) is 30.3 Å². The van der Waals surface area contributed by atoms with Gasteiger partial charge in [0, 0.05) is 16.3 Å². The Morgan fingerprint density at radius 3 is 2.55 bits per heavy atom. The van der Waals surface area contributed by atoms with Gasteiger partial charge < -0.3 is 14.6 Å². The predicted octanol–water partition coefficient (Wildman–Crippen LogP) is 8.00. The third-order valence-electron chi connectivity index (χ3n) is 7.19. The molecule has 5 rings (SSSR count). The first-order chi connectivity index (χ1) is 21.3. The Morgan fingerprint density at radius 1 is 1.05 bits per heavy atom. The number of methoxy groups -OCH3 is 1. The largest absolute Gasteiger partial charge is 0.507 e. The lowest BCUT2D eigenvalue weighted by molar-refractivity contribution is -0.132. The van der Waals surface area contributed by atoms with E-state index in [4.69, 9.17) is 21.1 Å². The molecule has 44 heavy (non-hydrogen) atoms. The lowest BCUT2D eigenvalue weighted by Crippen LogP contribution is -2.29. The lowest BCUT2D eigenvalue weighted by atomic mass is 9.95. The van der Waals surface area contributed by atoms with Gasteiger partial charge >= 0.3 is 5.91 Å². The van der Waals surface area contributed by atoms with E-state index in [2.05, 4.69) is 17.1 Å². The van der Waals surface area contributed by atoms with Crippen LogP contribution in [0.15, 0.2) is 76.6 Å². The highest BCUT2D eigenvalue weighted by Gasteiger charge is 2.48. The number of aryl methyl sites for hydroxylation is 1. The molecule has 11 heteroatoms. The van der Waals surface area contributed by atoms with E-state index in [-0.39, 0.29) is 16.5 Å². The number of ketones is 1. The van der Waals surface area contributed by atoms with Crippen LogP contribution in [0, 0.1) is 6.92 Å². The van der Waals surface area contributed by atoms with Crippen molar-refractivity contribution in [2.45, 2.75) is 49.2 Å². The molecule has 0 spiro atoms. The van der Waals surface area contributed by atoms with E-state index < -0.39 is 17.7 Å². The van der Waals surface area contributed by atoms with E-state index in [0.29, 0.717) is 44.3 Å². The highest BCUT2D eigenvalue weighted by Crippen LogP contribution is 2.45. The minimum atomic E-state index is -0.978. The second kappa shape index (κ2) is 14.3. The standard InChI is InChI=1S/C33H32ClN3O5S2/c1-4-5-8-17-42-25-16-15-22(18-26(25)41-3)28-27(29(38)21-13-11-20(2)12-14-21)30(39)31(40)37(28)32-35-36-33(44-32)43-19-23-9-6-7-10-24(23)34/h6-7,9-16,18,28,38H,4-5,8,17,19H2,1-3H3/b29-27-. The maximum absolute atomic E-state index is 13.6. The summed E-state index contributed by atoms with van der Waals surface area (Å²) in [6.07, 6.45) is 3.03. The SMILES string of the molecule is CCCCCOc1ccc(C2/C(=C(/O)c3ccc(C)cc3)C(=O)C(=O)N2c2nnc(SCc3ccccc3Cl)s2)cc1OC. The maximum Gasteiger partial charge on any atom is 0.301 e. The number of carbonyl (C=O) groups is 2. The molecular weight excluding hydrogens is 618 g/mol. The molecule has 228 valence electrons. The number of aliphatic hydroxyl groups excluding tert-OH is 1. The first-order valence-electron chi connectivity index (χ1n) is 14.2. The molecule has 0 bridgehead atoms. The molecule has 2 heterocycles. The van der Waals surface area contributed by atoms with Crippen LogP contribution in [0.2, 0.25) is 5.02 Å². The molecule has 0 radical (unpaired) electrons. The Balaban J connectivity index is 1.54. The highest BCUT2D eigenvalue weighted by atomic mass is 35.5. The number of unbranched alkanes of at least 4 members (excludes halogenated alkanes) is 2. The number of amides is 1. The van der Waals surface area contributed by atoms with Crippen LogP contribution in [0.3, 0.4) is 0 Å². The van der Waals surface area contributed by atoms with E-state index in [9.17, 15) is 14.7 Å². The Labute approximate surface area is 269 Å². The minimum Gasteiger partial charge on any atom is -0.507 e. The minimum absolute atomic E-state index is 0.0435. The van der Waals surface area contributed by atoms with E-state index in [1.165, 1.54) is 35.1 Å². The quantitative estimate of drug-likeness (QED) is 0.0411. The highest BCUT2D eigenvalue weighted by molar-refractivity contribution is 8.00. The first kappa shape index (κ1) is 31.6. The molecule has 3 aromatic carbocycles. The number of hydrogen-bond acceptors (Lipinski definition) is 9. The van der Waals surface area contributed by atoms with Crippen molar-refractivity contribution in [3.8, 4) is 11.5 Å². The van der Waals surface area contributed by atoms with Crippen molar-refractivity contribution in [1.29, 1.82) is 0 Å². The van der Waals surface area contributed by atoms with Crippen LogP contribution in [0.1, 0.15) is 54.5 Å². The number of hydrogen-bond donors (Lipinski definition) is 1. The van der Waals surface area contributed by atoms with Gasteiger partial charge in [-0.25, -0.2) is 0 Å². The summed E-state index contributed by atoms with van der Waals surface area (Å²) in [5, 5.41) is 20.9. The average molecular weight is 650 g/mol. The number of nitrogens with zero attached hydrogens (tertiary/aromatic N) is 3. The van der Waals surface area contributed by atoms with Crippen molar-refractivity contribution in [3.05, 3.63) is 99.6 Å². The van der Waals surface area contributed by atoms with Crippen molar-refractivity contribution < 1.29 is 24.2 Å². The summed E-state index contributed by atoms with van der Waals surface area (Å²) in [6.45, 7) is 4.59. The van der Waals surface area contributed by atoms with Gasteiger partial charge in [0.1, 0.15) is 5.76 Å². The molecule has 0 saturated carbocycles. The van der Waals surface area contributed by atoms with Gasteiger partial charge in [-0.05, 0) is 42.7 Å². The summed E-state index contributed by atoms with van der Waals surface area (Å²) in [6, 6.07) is 18.9. The van der Waals surface area contributed by atoms with Gasteiger partial charge in [0.05, 0.1) is 25.3 Å². The number of aliphatic hydroxyl groups is 1. The Morgan fingerprint density at radius 2 is 1.82 bits per heavy atom. The Bertz CT molecular complexity index is 1690. The number of ether oxygens (including phenoxy) is 2. The molecule has 0 aliphatic carbocycles. The number of aromatic nitrogens is 2. The normalized spacial score (nSPS) is 16.0. The van der Waals surface area contributed by atoms with Crippen LogP contribution in [0.5, 0.6) is 11.5 Å². The molecule has 1 atom stereocenters. The number of anilines is 1. The van der Waals surface area contributed by atoms with Crippen molar-refractivity contribution in [1.82, 2.24) is 10.2 Å². The van der Waals surface area contributed by atoms with Crippen LogP contribution >= 0.6 is 34.7 Å². The van der Waals surface area contributed by atoms with Crippen LogP contribution in [-0.2, 0) is 15.3 Å². The molecule has 1 fully saturated rings. The maximum atomic E-state index is 13.6. The number of Topliss-reactive ketones (excluding diaryl/α,β-unsaturated/α-hetero) is 1. The molecule has 1 amide bonds. The van der Waals surface area contributed by atoms with Crippen LogP contribution in [0.25, 0.3) is 5.76 Å². The molecule has 8 nitrogen and oxygen atoms in total. The molecule has 1 saturated heterocycles. The topological polar surface area (TPSA) is 102 Å². The van der Waals surface area contributed by atoms with Gasteiger partial charge in [0.25, 0.3) is 5.78 Å². The number of carbonyl (C=O) groups excluding carboxylic acids is 2. The van der Waals surface area contributed by atoms with E-state index in [0.717, 1.165) is 30.4 Å². The lowest BCUT2D eigenvalue weighted by Gasteiger charge is -2.23. The van der Waals surface area contributed by atoms with Gasteiger partial charge in [0.15, 0.2) is 15.8 Å². The summed E-state index contributed by atoms with van der Waals surface area (Å²) < 4.78 is 12.2. The molecule has 1 unspecified atom stereocenters. The fraction of sp³-hybridized carbons (Fsp3) is 0.273. The molecule has 4 aromatic rings. The number of thioether (sulfide) groups is 1. The van der Waals surface area contributed by atoms with Gasteiger partial charge in [-0.2, -0.15) is 0 Å². The summed E-state index contributed by atoms with van der Waals surface area (Å²) in [4.78, 5) is 28.5. The molecule has 1 aliphatic rings. The van der Waals surface area contributed by atoms with Crippen molar-refractivity contribution in [2.75, 3.05) is 18.6 Å². The van der Waals surface area contributed by atoms with E-state index >= 15 is 0 Å². The molecular formula is C33H32ClN3O5S2. The van der Waals surface area contributed by atoms with Gasteiger partial charge in [-0.3, -0.25) is 14.5 Å². The first-order valence-corrected chi connectivity index (χ1v) is 16.4. The van der Waals surface area contributed by atoms with Crippen LogP contribution in [-0.4, -0.2) is 40.7 Å². The third kappa shape index (κ3) is 6.77. The van der Waals surface area contributed by atoms with Crippen molar-refractivity contribution in [2.24, 2.45) is 0 Å². The van der Waals surface area contributed by atoms with Crippen LogP contribution < -0.4 is 14.4 Å². The van der Waals surface area contributed by atoms with Crippen LogP contribution in [0.4, 0.5) is 5.13 Å². The zero-order chi connectivity index (χ0) is 31.2. The van der Waals surface area contributed by atoms with E-state index in [1.807, 2.05) is 43.3 Å². The molecule has 1 N–H and O–H groups in total. The zero-order valence-electron chi connectivity index (χ0n) is 24.6. The second-order valence-electron chi connectivity index (χ2n) is 10.2. The van der Waals surface area contributed by atoms with Crippen molar-refractivity contribution >= 4 is 57.3 Å². The number of halogens is 1. The average Bonchev–Trinajstić information content (AvgIpc) is 3.60. The fourth-order valence-electron chi connectivity index (χ4n) is 4.83. The summed E-state index contributed by atoms with van der Waals surface area (Å²) in [5.41, 5.74) is 2.87. The predicted molar refractivity (Wildman–Crippen MR) is 175 cm³/mol. The van der Waals surface area contributed by atoms with Gasteiger partial charge in [0.2, 0.25) is 5.13 Å². The van der Waals surface area contributed by atoms with Gasteiger partial charge in [-0.15, -0.1) is 10.2 Å². The monoisotopic (exact) mass is 649 g/mol. The molecule has 1 aliphatic heterocycles. The smallest absolute Gasteiger partial charge is 0.301 e. The Kier molecular flexibility index (Phi) is 10.2. The number of benzene rings is 3. The van der Waals surface area contributed by atoms with Gasteiger partial charge in [-0.1, -0.05) is 109 Å². The Hall–Kier alpha value is -3.86. The second-order valence-corrected chi connectivity index (χ2v) is 12.8. The molecule has 1 aromatic heterocycles. The fourth-order valence-corrected chi connectivity index (χ4v) is 6.99. The van der Waals surface area contributed by atoms with Crippen molar-refractivity contribution in [3.63, 3.8) is 0 Å².